The number of carboxylic acid groups (broad SMARTS) is 1. The molecular weight excluding hydrogens is 384 g/mol. The van der Waals surface area contributed by atoms with Gasteiger partial charge >= 0.3 is 5.97 Å². The zero-order valence-corrected chi connectivity index (χ0v) is 16.2. The number of aromatic nitrogens is 2. The first-order valence-electron chi connectivity index (χ1n) is 8.97. The minimum atomic E-state index is -1.00. The summed E-state index contributed by atoms with van der Waals surface area (Å²) in [4.78, 5) is 12.4. The van der Waals surface area contributed by atoms with E-state index in [1.807, 2.05) is 46.6 Å². The van der Waals surface area contributed by atoms with Crippen LogP contribution in [-0.2, 0) is 6.54 Å². The molecule has 2 N–H and O–H groups in total. The first-order chi connectivity index (χ1) is 14.2. The lowest BCUT2D eigenvalue weighted by Crippen LogP contribution is -2.02. The average Bonchev–Trinajstić information content (AvgIpc) is 3.39. The van der Waals surface area contributed by atoms with Gasteiger partial charge in [-0.25, -0.2) is 4.79 Å². The first kappa shape index (κ1) is 18.6. The van der Waals surface area contributed by atoms with Gasteiger partial charge in [-0.05, 0) is 29.1 Å². The Morgan fingerprint density at radius 1 is 1.10 bits per heavy atom. The molecule has 4 aromatic rings. The summed E-state index contributed by atoms with van der Waals surface area (Å²) in [6, 6.07) is 20.8. The molecule has 29 heavy (non-hydrogen) atoms. The van der Waals surface area contributed by atoms with Gasteiger partial charge in [0, 0.05) is 11.8 Å². The van der Waals surface area contributed by atoms with E-state index in [1.54, 1.807) is 35.8 Å². The summed E-state index contributed by atoms with van der Waals surface area (Å²) < 4.78 is 1.89. The van der Waals surface area contributed by atoms with E-state index in [2.05, 4.69) is 22.7 Å². The Morgan fingerprint density at radius 3 is 2.66 bits per heavy atom. The normalized spacial score (nSPS) is 11.0. The second-order valence-corrected chi connectivity index (χ2v) is 7.26. The van der Waals surface area contributed by atoms with Crippen LogP contribution >= 0.6 is 11.3 Å². The van der Waals surface area contributed by atoms with Gasteiger partial charge in [-0.2, -0.15) is 10.2 Å². The number of nitrogens with zero attached hydrogens (tertiary/aromatic N) is 3. The van der Waals surface area contributed by atoms with E-state index < -0.39 is 5.97 Å². The molecule has 0 spiro atoms. The number of carboxylic acids is 1. The summed E-state index contributed by atoms with van der Waals surface area (Å²) in [5.41, 5.74) is 6.28. The molecule has 4 rings (SSSR count). The molecule has 144 valence electrons. The minimum absolute atomic E-state index is 0.169. The van der Waals surface area contributed by atoms with Gasteiger partial charge in [0.1, 0.15) is 5.69 Å². The maximum absolute atomic E-state index is 11.3. The van der Waals surface area contributed by atoms with Crippen LogP contribution < -0.4 is 5.43 Å². The summed E-state index contributed by atoms with van der Waals surface area (Å²) in [6.45, 7) is 0.655. The molecule has 2 aromatic carbocycles. The van der Waals surface area contributed by atoms with E-state index in [0.717, 1.165) is 21.7 Å². The van der Waals surface area contributed by atoms with Gasteiger partial charge in [-0.15, -0.1) is 11.3 Å². The van der Waals surface area contributed by atoms with Crippen LogP contribution in [0.25, 0.3) is 10.6 Å². The zero-order valence-electron chi connectivity index (χ0n) is 15.4. The standard InChI is InChI=1S/C22H18N4O2S/c27-22(28)18-9-4-5-10-19(18)24-23-13-17-15-26(14-16-7-2-1-3-8-16)25-21(17)20-11-6-12-29-20/h1-13,15,24H,14H2,(H,27,28). The molecule has 0 bridgehead atoms. The van der Waals surface area contributed by atoms with Crippen LogP contribution in [0, 0.1) is 0 Å². The topological polar surface area (TPSA) is 79.5 Å². The monoisotopic (exact) mass is 402 g/mol. The van der Waals surface area contributed by atoms with Crippen molar-refractivity contribution in [2.45, 2.75) is 6.54 Å². The van der Waals surface area contributed by atoms with E-state index in [1.165, 1.54) is 6.07 Å². The van der Waals surface area contributed by atoms with Crippen LogP contribution in [0.15, 0.2) is 83.4 Å². The summed E-state index contributed by atoms with van der Waals surface area (Å²) in [7, 11) is 0. The number of hydrogen-bond donors (Lipinski definition) is 2. The van der Waals surface area contributed by atoms with Crippen molar-refractivity contribution in [1.29, 1.82) is 0 Å². The molecule has 6 nitrogen and oxygen atoms in total. The third kappa shape index (κ3) is 4.41. The Bertz CT molecular complexity index is 1130. The number of carbonyl (C=O) groups is 1. The van der Waals surface area contributed by atoms with Gasteiger partial charge in [0.05, 0.1) is 28.9 Å². The van der Waals surface area contributed by atoms with Crippen LogP contribution in [0.5, 0.6) is 0 Å². The van der Waals surface area contributed by atoms with Crippen molar-refractivity contribution in [2.75, 3.05) is 5.43 Å². The van der Waals surface area contributed by atoms with Gasteiger partial charge in [-0.3, -0.25) is 10.1 Å². The predicted molar refractivity (Wildman–Crippen MR) is 116 cm³/mol. The third-order valence-electron chi connectivity index (χ3n) is 4.28. The highest BCUT2D eigenvalue weighted by atomic mass is 32.1. The maximum atomic E-state index is 11.3. The molecule has 0 amide bonds. The molecule has 0 unspecified atom stereocenters. The van der Waals surface area contributed by atoms with Crippen molar-refractivity contribution in [1.82, 2.24) is 9.78 Å². The quantitative estimate of drug-likeness (QED) is 0.344. The highest BCUT2D eigenvalue weighted by Gasteiger charge is 2.12. The molecule has 0 saturated heterocycles. The Hall–Kier alpha value is -3.71. The summed E-state index contributed by atoms with van der Waals surface area (Å²) >= 11 is 1.61. The Kier molecular flexibility index (Phi) is 5.49. The van der Waals surface area contributed by atoms with Gasteiger partial charge in [0.15, 0.2) is 0 Å². The van der Waals surface area contributed by atoms with Crippen LogP contribution in [0.2, 0.25) is 0 Å². The van der Waals surface area contributed by atoms with Gasteiger partial charge in [-0.1, -0.05) is 48.5 Å². The lowest BCUT2D eigenvalue weighted by Gasteiger charge is -2.03. The van der Waals surface area contributed by atoms with Crippen molar-refractivity contribution in [3.05, 3.63) is 95.0 Å². The molecule has 0 atom stereocenters. The molecule has 0 aliphatic heterocycles. The number of benzene rings is 2. The highest BCUT2D eigenvalue weighted by Crippen LogP contribution is 2.26. The Balaban J connectivity index is 1.60. The molecule has 0 aliphatic carbocycles. The van der Waals surface area contributed by atoms with E-state index in [4.69, 9.17) is 5.10 Å². The van der Waals surface area contributed by atoms with E-state index in [9.17, 15) is 9.90 Å². The van der Waals surface area contributed by atoms with E-state index in [-0.39, 0.29) is 5.56 Å². The van der Waals surface area contributed by atoms with Gasteiger partial charge in [0.25, 0.3) is 0 Å². The lowest BCUT2D eigenvalue weighted by atomic mass is 10.2. The summed E-state index contributed by atoms with van der Waals surface area (Å²) in [6.07, 6.45) is 3.61. The van der Waals surface area contributed by atoms with Gasteiger partial charge < -0.3 is 5.11 Å². The first-order valence-corrected chi connectivity index (χ1v) is 9.85. The van der Waals surface area contributed by atoms with Crippen molar-refractivity contribution >= 4 is 29.2 Å². The number of aromatic carboxylic acids is 1. The van der Waals surface area contributed by atoms with Crippen LogP contribution in [0.3, 0.4) is 0 Å². The van der Waals surface area contributed by atoms with Crippen molar-refractivity contribution in [3.63, 3.8) is 0 Å². The fourth-order valence-electron chi connectivity index (χ4n) is 2.93. The molecule has 7 heteroatoms. The van der Waals surface area contributed by atoms with E-state index >= 15 is 0 Å². The number of thiophene rings is 1. The lowest BCUT2D eigenvalue weighted by molar-refractivity contribution is 0.0698. The molecule has 0 fully saturated rings. The number of hydrazone groups is 1. The number of nitrogens with one attached hydrogen (secondary N) is 1. The largest absolute Gasteiger partial charge is 0.478 e. The fourth-order valence-corrected chi connectivity index (χ4v) is 3.66. The summed E-state index contributed by atoms with van der Waals surface area (Å²) in [5, 5.41) is 20.3. The van der Waals surface area contributed by atoms with Crippen molar-refractivity contribution in [3.8, 4) is 10.6 Å². The molecule has 0 radical (unpaired) electrons. The number of hydrogen-bond acceptors (Lipinski definition) is 5. The van der Waals surface area contributed by atoms with Crippen LogP contribution in [0.1, 0.15) is 21.5 Å². The SMILES string of the molecule is O=C(O)c1ccccc1NN=Cc1cn(Cc2ccccc2)nc1-c1cccs1. The molecule has 0 saturated carbocycles. The minimum Gasteiger partial charge on any atom is -0.478 e. The van der Waals surface area contributed by atoms with Crippen molar-refractivity contribution in [2.24, 2.45) is 5.10 Å². The summed E-state index contributed by atoms with van der Waals surface area (Å²) in [5.74, 6) is -1.00. The van der Waals surface area contributed by atoms with Crippen molar-refractivity contribution < 1.29 is 9.90 Å². The molecule has 0 aliphatic rings. The molecule has 2 heterocycles. The number of anilines is 1. The average molecular weight is 402 g/mol. The predicted octanol–water partition coefficient (Wildman–Crippen LogP) is 4.80. The molecule has 2 aromatic heterocycles. The Morgan fingerprint density at radius 2 is 1.90 bits per heavy atom. The van der Waals surface area contributed by atoms with E-state index in [0.29, 0.717) is 12.2 Å². The second-order valence-electron chi connectivity index (χ2n) is 6.31. The fraction of sp³-hybridized carbons (Fsp3) is 0.0455. The highest BCUT2D eigenvalue weighted by molar-refractivity contribution is 7.13. The van der Waals surface area contributed by atoms with Crippen LogP contribution in [-0.4, -0.2) is 27.1 Å². The Labute approximate surface area is 171 Å². The van der Waals surface area contributed by atoms with Crippen LogP contribution in [0.4, 0.5) is 5.69 Å². The third-order valence-corrected chi connectivity index (χ3v) is 5.15. The number of para-hydroxylation sites is 1. The number of rotatable bonds is 7. The smallest absolute Gasteiger partial charge is 0.337 e. The molecular formula is C22H18N4O2S. The second kappa shape index (κ2) is 8.53. The zero-order chi connectivity index (χ0) is 20.1. The van der Waals surface area contributed by atoms with Gasteiger partial charge in [0.2, 0.25) is 0 Å². The maximum Gasteiger partial charge on any atom is 0.337 e.